The van der Waals surface area contributed by atoms with Crippen LogP contribution in [-0.4, -0.2) is 0 Å². The molecule has 67 heavy (non-hydrogen) atoms. The van der Waals surface area contributed by atoms with E-state index in [1.54, 1.807) is 0 Å². The van der Waals surface area contributed by atoms with E-state index in [-0.39, 0.29) is 5.41 Å². The van der Waals surface area contributed by atoms with Crippen molar-refractivity contribution in [1.29, 1.82) is 0 Å². The lowest BCUT2D eigenvalue weighted by Crippen LogP contribution is -2.20. The number of thiophene rings is 2. The van der Waals surface area contributed by atoms with Gasteiger partial charge in [-0.1, -0.05) is 153 Å². The van der Waals surface area contributed by atoms with Gasteiger partial charge in [-0.25, -0.2) is 0 Å². The number of hydrogen-bond donors (Lipinski definition) is 0. The average Bonchev–Trinajstić information content (AvgIpc) is 4.02. The van der Waals surface area contributed by atoms with Gasteiger partial charge in [0.2, 0.25) is 0 Å². The molecule has 318 valence electrons. The minimum atomic E-state index is -0.251. The normalized spacial score (nSPS) is 12.7. The number of benzene rings is 10. The summed E-state index contributed by atoms with van der Waals surface area (Å²) in [7, 11) is 0. The summed E-state index contributed by atoms with van der Waals surface area (Å²) >= 11 is 3.73. The predicted molar refractivity (Wildman–Crippen MR) is 290 cm³/mol. The maximum absolute atomic E-state index is 2.52. The van der Waals surface area contributed by atoms with Crippen LogP contribution in [0.1, 0.15) is 25.0 Å². The molecule has 2 nitrogen and oxygen atoms in total. The summed E-state index contributed by atoms with van der Waals surface area (Å²) in [5.41, 5.74) is 16.6. The average molecular weight is 893 g/mol. The zero-order chi connectivity index (χ0) is 44.6. The Kier molecular flexibility index (Phi) is 9.28. The maximum atomic E-state index is 2.52. The molecule has 13 rings (SSSR count). The fraction of sp³-hybridized carbons (Fsp3) is 0.0476. The van der Waals surface area contributed by atoms with E-state index >= 15 is 0 Å². The Morgan fingerprint density at radius 1 is 0.313 bits per heavy atom. The first-order valence-electron chi connectivity index (χ1n) is 23.0. The van der Waals surface area contributed by atoms with Gasteiger partial charge in [-0.3, -0.25) is 0 Å². The number of anilines is 6. The van der Waals surface area contributed by atoms with Gasteiger partial charge in [-0.15, -0.1) is 22.7 Å². The topological polar surface area (TPSA) is 6.48 Å². The molecule has 0 saturated heterocycles. The number of fused-ring (bicyclic) bond motifs is 9. The zero-order valence-electron chi connectivity index (χ0n) is 37.2. The largest absolute Gasteiger partial charge is 0.310 e. The van der Waals surface area contributed by atoms with Crippen LogP contribution in [0.4, 0.5) is 34.1 Å². The highest BCUT2D eigenvalue weighted by molar-refractivity contribution is 7.26. The van der Waals surface area contributed by atoms with Crippen molar-refractivity contribution >= 4 is 97.1 Å². The molecular formula is C63H44N2S2. The Balaban J connectivity index is 0.992. The minimum absolute atomic E-state index is 0.251. The SMILES string of the molecule is CC1(C)c2ccccc2-c2cc(-c3ccc(N(c4ccccc4)c4ccc5sc6ccccc6c5c4)cc3)cc(N(c3ccc(-c4ccccc4)cc3)c3ccc4c(c3)sc3ccccc34)c21. The van der Waals surface area contributed by atoms with E-state index in [2.05, 4.69) is 254 Å². The first-order chi connectivity index (χ1) is 33.0. The predicted octanol–water partition coefficient (Wildman–Crippen LogP) is 19.0. The fourth-order valence-electron chi connectivity index (χ4n) is 10.6. The second-order valence-corrected chi connectivity index (χ2v) is 20.3. The Morgan fingerprint density at radius 2 is 0.806 bits per heavy atom. The van der Waals surface area contributed by atoms with Gasteiger partial charge < -0.3 is 9.80 Å². The standard InChI is InChI=1S/C63H44N2S2/c1-63(2)56-22-12-9-19-50(56)55-37-44(43-27-29-46(30-28-43)64(45-17-7-4-8-18-45)48-34-36-60-54(39-48)52-21-11-14-24-59(52)66-60)38-57(62(55)63)65(47-31-25-42(26-32-47)41-15-5-3-6-16-41)49-33-35-53-51-20-10-13-23-58(51)67-61(53)40-49/h3-40H,1-2H3. The molecule has 12 aromatic rings. The summed E-state index contributed by atoms with van der Waals surface area (Å²) in [6, 6.07) is 85.2. The molecule has 0 spiro atoms. The highest BCUT2D eigenvalue weighted by Gasteiger charge is 2.39. The van der Waals surface area contributed by atoms with Crippen LogP contribution >= 0.6 is 22.7 Å². The third-order valence-corrected chi connectivity index (χ3v) is 16.1. The van der Waals surface area contributed by atoms with Gasteiger partial charge in [-0.2, -0.15) is 0 Å². The van der Waals surface area contributed by atoms with E-state index < -0.39 is 0 Å². The number of nitrogens with zero attached hydrogens (tertiary/aromatic N) is 2. The Hall–Kier alpha value is -7.76. The summed E-state index contributed by atoms with van der Waals surface area (Å²) in [5.74, 6) is 0. The molecule has 0 amide bonds. The number of para-hydroxylation sites is 1. The smallest absolute Gasteiger partial charge is 0.0514 e. The van der Waals surface area contributed by atoms with Crippen molar-refractivity contribution < 1.29 is 0 Å². The van der Waals surface area contributed by atoms with Gasteiger partial charge in [0, 0.05) is 74.2 Å². The third kappa shape index (κ3) is 6.59. The van der Waals surface area contributed by atoms with E-state index in [4.69, 9.17) is 0 Å². The van der Waals surface area contributed by atoms with Crippen molar-refractivity contribution in [2.75, 3.05) is 9.80 Å². The monoisotopic (exact) mass is 892 g/mol. The van der Waals surface area contributed by atoms with Gasteiger partial charge in [0.1, 0.15) is 0 Å². The van der Waals surface area contributed by atoms with E-state index in [1.165, 1.54) is 90.5 Å². The third-order valence-electron chi connectivity index (χ3n) is 13.8. The summed E-state index contributed by atoms with van der Waals surface area (Å²) < 4.78 is 5.20. The van der Waals surface area contributed by atoms with E-state index in [0.717, 1.165) is 28.4 Å². The quantitative estimate of drug-likeness (QED) is 0.150. The van der Waals surface area contributed by atoms with E-state index in [0.29, 0.717) is 0 Å². The highest BCUT2D eigenvalue weighted by atomic mass is 32.1. The fourth-order valence-corrected chi connectivity index (χ4v) is 12.9. The second kappa shape index (κ2) is 15.7. The highest BCUT2D eigenvalue weighted by Crippen LogP contribution is 2.56. The van der Waals surface area contributed by atoms with Crippen molar-refractivity contribution in [3.05, 3.63) is 242 Å². The van der Waals surface area contributed by atoms with Crippen molar-refractivity contribution in [1.82, 2.24) is 0 Å². The molecule has 0 atom stereocenters. The van der Waals surface area contributed by atoms with Gasteiger partial charge in [0.15, 0.2) is 0 Å². The molecule has 0 N–H and O–H groups in total. The van der Waals surface area contributed by atoms with Crippen molar-refractivity contribution in [2.45, 2.75) is 19.3 Å². The van der Waals surface area contributed by atoms with Crippen LogP contribution in [0.25, 0.3) is 73.7 Å². The van der Waals surface area contributed by atoms with Crippen LogP contribution in [0.15, 0.2) is 231 Å². The molecule has 4 heteroatoms. The molecule has 0 radical (unpaired) electrons. The van der Waals surface area contributed by atoms with Crippen LogP contribution in [0.5, 0.6) is 0 Å². The number of hydrogen-bond acceptors (Lipinski definition) is 4. The van der Waals surface area contributed by atoms with Gasteiger partial charge in [0.05, 0.1) is 5.69 Å². The van der Waals surface area contributed by atoms with Crippen LogP contribution in [0.2, 0.25) is 0 Å². The molecule has 2 aromatic heterocycles. The summed E-state index contributed by atoms with van der Waals surface area (Å²) in [4.78, 5) is 4.90. The molecule has 10 aromatic carbocycles. The summed E-state index contributed by atoms with van der Waals surface area (Å²) in [5, 5.41) is 5.19. The lowest BCUT2D eigenvalue weighted by Gasteiger charge is -2.33. The summed E-state index contributed by atoms with van der Waals surface area (Å²) in [6.07, 6.45) is 0. The molecule has 0 aliphatic heterocycles. The first-order valence-corrected chi connectivity index (χ1v) is 24.6. The number of rotatable bonds is 8. The zero-order valence-corrected chi connectivity index (χ0v) is 38.8. The summed E-state index contributed by atoms with van der Waals surface area (Å²) in [6.45, 7) is 4.80. The molecule has 0 bridgehead atoms. The molecule has 1 aliphatic rings. The van der Waals surface area contributed by atoms with Gasteiger partial charge in [0.25, 0.3) is 0 Å². The lowest BCUT2D eigenvalue weighted by atomic mass is 9.80. The molecule has 2 heterocycles. The molecular weight excluding hydrogens is 849 g/mol. The Morgan fingerprint density at radius 3 is 1.54 bits per heavy atom. The second-order valence-electron chi connectivity index (χ2n) is 18.1. The van der Waals surface area contributed by atoms with Gasteiger partial charge >= 0.3 is 0 Å². The Bertz CT molecular complexity index is 3830. The van der Waals surface area contributed by atoms with Crippen molar-refractivity contribution in [3.63, 3.8) is 0 Å². The molecule has 0 fully saturated rings. The molecule has 1 aliphatic carbocycles. The molecule has 0 unspecified atom stereocenters. The first kappa shape index (κ1) is 39.6. The van der Waals surface area contributed by atoms with Crippen LogP contribution in [-0.2, 0) is 5.41 Å². The van der Waals surface area contributed by atoms with Crippen LogP contribution in [0, 0.1) is 0 Å². The van der Waals surface area contributed by atoms with E-state index in [9.17, 15) is 0 Å². The van der Waals surface area contributed by atoms with Crippen molar-refractivity contribution in [3.8, 4) is 33.4 Å². The lowest BCUT2D eigenvalue weighted by molar-refractivity contribution is 0.661. The Labute approximate surface area is 398 Å². The van der Waals surface area contributed by atoms with Crippen molar-refractivity contribution in [2.24, 2.45) is 0 Å². The van der Waals surface area contributed by atoms with Crippen LogP contribution < -0.4 is 9.80 Å². The minimum Gasteiger partial charge on any atom is -0.310 e. The molecule has 0 saturated carbocycles. The van der Waals surface area contributed by atoms with Gasteiger partial charge in [-0.05, 0) is 136 Å². The van der Waals surface area contributed by atoms with Crippen LogP contribution in [0.3, 0.4) is 0 Å². The maximum Gasteiger partial charge on any atom is 0.0514 e. The van der Waals surface area contributed by atoms with E-state index in [1.807, 2.05) is 22.7 Å².